The molecule has 190 valence electrons. The molecule has 0 unspecified atom stereocenters. The first kappa shape index (κ1) is 24.4. The zero-order chi connectivity index (χ0) is 25.8. The van der Waals surface area contributed by atoms with Crippen molar-refractivity contribution in [2.45, 2.75) is 32.6 Å². The van der Waals surface area contributed by atoms with Crippen LogP contribution in [0.3, 0.4) is 0 Å². The average Bonchev–Trinajstić information content (AvgIpc) is 3.23. The van der Waals surface area contributed by atoms with Crippen molar-refractivity contribution in [2.75, 3.05) is 34.4 Å². The molecule has 4 aromatic rings. The van der Waals surface area contributed by atoms with Gasteiger partial charge in [-0.15, -0.1) is 0 Å². The Morgan fingerprint density at radius 2 is 1.57 bits per heavy atom. The van der Waals surface area contributed by atoms with Gasteiger partial charge in [-0.1, -0.05) is 65.8 Å². The highest BCUT2D eigenvalue weighted by Crippen LogP contribution is 2.39. The summed E-state index contributed by atoms with van der Waals surface area (Å²) in [4.78, 5) is 14.8. The Morgan fingerprint density at radius 1 is 0.946 bits per heavy atom. The van der Waals surface area contributed by atoms with E-state index in [-0.39, 0.29) is 6.03 Å². The highest BCUT2D eigenvalue weighted by Gasteiger charge is 2.29. The van der Waals surface area contributed by atoms with Crippen LogP contribution >= 0.6 is 0 Å². The van der Waals surface area contributed by atoms with Gasteiger partial charge >= 0.3 is 6.03 Å². The van der Waals surface area contributed by atoms with Gasteiger partial charge in [0.15, 0.2) is 5.76 Å². The Kier molecular flexibility index (Phi) is 7.12. The molecule has 5 rings (SSSR count). The summed E-state index contributed by atoms with van der Waals surface area (Å²) in [6.07, 6.45) is 2.15. The van der Waals surface area contributed by atoms with Crippen molar-refractivity contribution in [3.8, 4) is 0 Å². The molecule has 1 aliphatic rings. The van der Waals surface area contributed by atoms with Gasteiger partial charge in [0, 0.05) is 24.7 Å². The lowest BCUT2D eigenvalue weighted by Crippen LogP contribution is -2.36. The van der Waals surface area contributed by atoms with Crippen LogP contribution in [-0.2, 0) is 0 Å². The van der Waals surface area contributed by atoms with Gasteiger partial charge in [-0.05, 0) is 61.9 Å². The Bertz CT molecular complexity index is 1290. The van der Waals surface area contributed by atoms with Crippen LogP contribution in [0, 0.1) is 19.8 Å². The van der Waals surface area contributed by atoms with E-state index in [9.17, 15) is 4.79 Å². The maximum absolute atomic E-state index is 12.5. The number of nitrogens with zero attached hydrogens (tertiary/aromatic N) is 2. The first-order chi connectivity index (χ1) is 18.0. The predicted octanol–water partition coefficient (Wildman–Crippen LogP) is 6.57. The van der Waals surface area contributed by atoms with E-state index in [4.69, 9.17) is 10.3 Å². The van der Waals surface area contributed by atoms with E-state index in [1.165, 1.54) is 11.1 Å². The number of anilines is 4. The van der Waals surface area contributed by atoms with Crippen molar-refractivity contribution in [1.29, 1.82) is 0 Å². The number of carbonyl (C=O) groups excluding carboxylic acids is 1. The van der Waals surface area contributed by atoms with Crippen molar-refractivity contribution in [2.24, 2.45) is 5.92 Å². The lowest BCUT2D eigenvalue weighted by atomic mass is 9.76. The van der Waals surface area contributed by atoms with Gasteiger partial charge in [-0.25, -0.2) is 4.79 Å². The minimum atomic E-state index is -0.366. The van der Waals surface area contributed by atoms with Crippen LogP contribution in [0.25, 0.3) is 0 Å². The zero-order valence-corrected chi connectivity index (χ0v) is 21.3. The van der Waals surface area contributed by atoms with Crippen LogP contribution in [-0.4, -0.2) is 24.3 Å². The third kappa shape index (κ3) is 5.45. The highest BCUT2D eigenvalue weighted by molar-refractivity contribution is 6.00. The van der Waals surface area contributed by atoms with Gasteiger partial charge < -0.3 is 25.8 Å². The third-order valence-electron chi connectivity index (χ3n) is 7.23. The number of carbonyl (C=O) groups is 1. The molecule has 2 amide bonds. The summed E-state index contributed by atoms with van der Waals surface area (Å²) in [7, 11) is 0. The van der Waals surface area contributed by atoms with Crippen LogP contribution in [0.4, 0.5) is 27.5 Å². The Balaban J connectivity index is 1.24. The molecule has 1 saturated heterocycles. The molecule has 37 heavy (non-hydrogen) atoms. The van der Waals surface area contributed by atoms with E-state index in [1.54, 1.807) is 13.8 Å². The summed E-state index contributed by atoms with van der Waals surface area (Å²) in [5, 5.41) is 9.50. The quantitative estimate of drug-likeness (QED) is 0.263. The molecule has 0 bridgehead atoms. The number of aryl methyl sites for hydroxylation is 2. The number of nitrogens with two attached hydrogens (primary N) is 1. The topological polar surface area (TPSA) is 96.4 Å². The first-order valence-electron chi connectivity index (χ1n) is 12.7. The number of hydrogen-bond donors (Lipinski definition) is 3. The van der Waals surface area contributed by atoms with Crippen molar-refractivity contribution >= 4 is 28.8 Å². The highest BCUT2D eigenvalue weighted by atomic mass is 16.5. The second-order valence-corrected chi connectivity index (χ2v) is 9.68. The van der Waals surface area contributed by atoms with Gasteiger partial charge in [0.1, 0.15) is 11.4 Å². The fourth-order valence-electron chi connectivity index (χ4n) is 5.39. The third-order valence-corrected chi connectivity index (χ3v) is 7.23. The van der Waals surface area contributed by atoms with E-state index >= 15 is 0 Å². The molecule has 1 fully saturated rings. The zero-order valence-electron chi connectivity index (χ0n) is 21.3. The molecule has 0 radical (unpaired) electrons. The van der Waals surface area contributed by atoms with Crippen LogP contribution in [0.2, 0.25) is 0 Å². The van der Waals surface area contributed by atoms with Crippen LogP contribution in [0.15, 0.2) is 83.4 Å². The SMILES string of the molecule is Cc1noc(C)c1NC(=O)Nc1ccc(N2CCC(C(c3ccccc3)c3ccccc3)CC2)c(N)c1. The smallest absolute Gasteiger partial charge is 0.323 e. The molecule has 3 aromatic carbocycles. The number of urea groups is 1. The molecule has 0 aliphatic carbocycles. The molecular formula is C30H33N5O2. The molecule has 2 heterocycles. The standard InChI is InChI=1S/C30H33N5O2/c1-20-29(21(2)37-34-20)33-30(36)32-25-13-14-27(26(31)19-25)35-17-15-24(16-18-35)28(22-9-5-3-6-10-22)23-11-7-4-8-12-23/h3-14,19,24,28H,15-18,31H2,1-2H3,(H2,32,33,36). The Hall–Kier alpha value is -4.26. The maximum Gasteiger partial charge on any atom is 0.323 e. The van der Waals surface area contributed by atoms with Crippen molar-refractivity contribution in [3.63, 3.8) is 0 Å². The number of nitrogens with one attached hydrogen (secondary N) is 2. The number of nitrogen functional groups attached to an aromatic ring is 1. The lowest BCUT2D eigenvalue weighted by Gasteiger charge is -2.38. The summed E-state index contributed by atoms with van der Waals surface area (Å²) in [5.41, 5.74) is 12.7. The number of hydrogen-bond acceptors (Lipinski definition) is 5. The normalized spacial score (nSPS) is 14.1. The molecule has 0 saturated carbocycles. The van der Waals surface area contributed by atoms with E-state index < -0.39 is 0 Å². The fraction of sp³-hybridized carbons (Fsp3) is 0.267. The number of rotatable bonds is 6. The monoisotopic (exact) mass is 495 g/mol. The van der Waals surface area contributed by atoms with Gasteiger partial charge in [0.25, 0.3) is 0 Å². The average molecular weight is 496 g/mol. The van der Waals surface area contributed by atoms with E-state index in [0.717, 1.165) is 31.6 Å². The summed E-state index contributed by atoms with van der Waals surface area (Å²) < 4.78 is 5.10. The maximum atomic E-state index is 12.5. The van der Waals surface area contributed by atoms with Crippen LogP contribution < -0.4 is 21.3 Å². The molecule has 0 spiro atoms. The number of aromatic nitrogens is 1. The molecular weight excluding hydrogens is 462 g/mol. The lowest BCUT2D eigenvalue weighted by molar-refractivity contribution is 0.262. The molecule has 1 aliphatic heterocycles. The van der Waals surface area contributed by atoms with E-state index in [1.807, 2.05) is 18.2 Å². The van der Waals surface area contributed by atoms with Crippen molar-refractivity contribution in [3.05, 3.63) is 101 Å². The minimum Gasteiger partial charge on any atom is -0.397 e. The van der Waals surface area contributed by atoms with Gasteiger partial charge in [-0.3, -0.25) is 0 Å². The summed E-state index contributed by atoms with van der Waals surface area (Å²) in [5.74, 6) is 1.49. The van der Waals surface area contributed by atoms with Gasteiger partial charge in [0.05, 0.1) is 11.4 Å². The van der Waals surface area contributed by atoms with E-state index in [2.05, 4.69) is 81.4 Å². The molecule has 1 aromatic heterocycles. The number of amides is 2. The molecule has 0 atom stereocenters. The minimum absolute atomic E-state index is 0.366. The molecule has 7 nitrogen and oxygen atoms in total. The second kappa shape index (κ2) is 10.8. The van der Waals surface area contributed by atoms with Gasteiger partial charge in [0.2, 0.25) is 0 Å². The second-order valence-electron chi connectivity index (χ2n) is 9.68. The number of benzene rings is 3. The summed E-state index contributed by atoms with van der Waals surface area (Å²) in [6.45, 7) is 5.41. The predicted molar refractivity (Wildman–Crippen MR) is 149 cm³/mol. The summed E-state index contributed by atoms with van der Waals surface area (Å²) in [6, 6.07) is 27.0. The van der Waals surface area contributed by atoms with Crippen molar-refractivity contribution < 1.29 is 9.32 Å². The van der Waals surface area contributed by atoms with Crippen LogP contribution in [0.1, 0.15) is 41.3 Å². The Morgan fingerprint density at radius 3 is 2.11 bits per heavy atom. The Labute approximate surface area is 217 Å². The fourth-order valence-corrected chi connectivity index (χ4v) is 5.39. The molecule has 4 N–H and O–H groups in total. The van der Waals surface area contributed by atoms with Crippen LogP contribution in [0.5, 0.6) is 0 Å². The van der Waals surface area contributed by atoms with Gasteiger partial charge in [-0.2, -0.15) is 0 Å². The summed E-state index contributed by atoms with van der Waals surface area (Å²) >= 11 is 0. The largest absolute Gasteiger partial charge is 0.397 e. The molecule has 7 heteroatoms. The van der Waals surface area contributed by atoms with E-state index in [0.29, 0.717) is 40.4 Å². The first-order valence-corrected chi connectivity index (χ1v) is 12.7. The van der Waals surface area contributed by atoms with Crippen molar-refractivity contribution in [1.82, 2.24) is 5.16 Å². The number of piperidine rings is 1.